The van der Waals surface area contributed by atoms with Gasteiger partial charge >= 0.3 is 11.8 Å². The average molecular weight is 440 g/mol. The van der Waals surface area contributed by atoms with Crippen LogP contribution in [-0.2, 0) is 9.59 Å². The summed E-state index contributed by atoms with van der Waals surface area (Å²) in [4.78, 5) is 34.0. The molecule has 0 saturated heterocycles. The first kappa shape index (κ1) is 21.7. The Kier molecular flexibility index (Phi) is 6.46. The van der Waals surface area contributed by atoms with Crippen molar-refractivity contribution < 1.29 is 14.5 Å². The van der Waals surface area contributed by atoms with Crippen molar-refractivity contribution in [1.29, 1.82) is 0 Å². The van der Waals surface area contributed by atoms with Gasteiger partial charge in [-0.05, 0) is 56.3 Å². The Bertz CT molecular complexity index is 1170. The number of aryl methyl sites for hydroxylation is 1. The van der Waals surface area contributed by atoms with Gasteiger partial charge in [-0.15, -0.1) is 0 Å². The molecule has 2 N–H and O–H groups in total. The summed E-state index contributed by atoms with van der Waals surface area (Å²) >= 11 is 5.95. The fourth-order valence-corrected chi connectivity index (χ4v) is 3.10. The predicted octanol–water partition coefficient (Wildman–Crippen LogP) is 3.74. The molecule has 0 aliphatic rings. The lowest BCUT2D eigenvalue weighted by atomic mass is 10.2. The number of amides is 2. The zero-order valence-electron chi connectivity index (χ0n) is 16.6. The number of non-ortho nitro benzene ring substituents is 1. The van der Waals surface area contributed by atoms with Gasteiger partial charge in [-0.25, -0.2) is 5.43 Å². The van der Waals surface area contributed by atoms with Crippen LogP contribution in [-0.4, -0.2) is 27.5 Å². The van der Waals surface area contributed by atoms with Crippen LogP contribution < -0.4 is 10.7 Å². The number of halogens is 1. The Labute approximate surface area is 182 Å². The zero-order chi connectivity index (χ0) is 22.5. The standard InChI is InChI=1S/C21H18ClN5O4/c1-13-11-15(14(2)26(13)18-7-3-16(22)4-8-18)12-23-25-21(29)20(28)24-17-5-9-19(10-6-17)27(30)31/h3-12H,1-2H3,(H,24,28)(H,25,29)/b23-12-. The highest BCUT2D eigenvalue weighted by molar-refractivity contribution is 6.39. The minimum absolute atomic E-state index is 0.122. The van der Waals surface area contributed by atoms with Crippen LogP contribution in [0.1, 0.15) is 17.0 Å². The first-order chi connectivity index (χ1) is 14.8. The predicted molar refractivity (Wildman–Crippen MR) is 118 cm³/mol. The van der Waals surface area contributed by atoms with Gasteiger partial charge in [-0.3, -0.25) is 19.7 Å². The molecule has 158 valence electrons. The van der Waals surface area contributed by atoms with E-state index in [1.807, 2.05) is 36.6 Å². The van der Waals surface area contributed by atoms with E-state index in [1.54, 1.807) is 12.1 Å². The van der Waals surface area contributed by atoms with Crippen LogP contribution in [0.3, 0.4) is 0 Å². The van der Waals surface area contributed by atoms with Crippen LogP contribution >= 0.6 is 11.6 Å². The molecule has 1 aromatic heterocycles. The molecule has 31 heavy (non-hydrogen) atoms. The molecule has 1 heterocycles. The third-order valence-electron chi connectivity index (χ3n) is 4.47. The van der Waals surface area contributed by atoms with Crippen LogP contribution in [0.5, 0.6) is 0 Å². The molecule has 10 heteroatoms. The number of nitrogens with zero attached hydrogens (tertiary/aromatic N) is 3. The molecule has 0 bridgehead atoms. The van der Waals surface area contributed by atoms with E-state index in [9.17, 15) is 19.7 Å². The van der Waals surface area contributed by atoms with E-state index in [0.29, 0.717) is 5.02 Å². The summed E-state index contributed by atoms with van der Waals surface area (Å²) in [7, 11) is 0. The molecule has 9 nitrogen and oxygen atoms in total. The molecule has 0 aliphatic carbocycles. The lowest BCUT2D eigenvalue weighted by Gasteiger charge is -2.09. The number of hydrogen-bond donors (Lipinski definition) is 2. The Balaban J connectivity index is 1.64. The van der Waals surface area contributed by atoms with Gasteiger partial charge in [0.25, 0.3) is 5.69 Å². The molecule has 3 aromatic rings. The number of hydrazone groups is 1. The highest BCUT2D eigenvalue weighted by atomic mass is 35.5. The molecule has 0 fully saturated rings. The number of anilines is 1. The largest absolute Gasteiger partial charge is 0.329 e. The van der Waals surface area contributed by atoms with Crippen molar-refractivity contribution in [1.82, 2.24) is 9.99 Å². The number of nitrogens with one attached hydrogen (secondary N) is 2. The van der Waals surface area contributed by atoms with Crippen LogP contribution in [0.4, 0.5) is 11.4 Å². The van der Waals surface area contributed by atoms with Gasteiger partial charge in [0.05, 0.1) is 11.1 Å². The Morgan fingerprint density at radius 2 is 1.71 bits per heavy atom. The van der Waals surface area contributed by atoms with Crippen molar-refractivity contribution in [3.63, 3.8) is 0 Å². The number of nitro benzene ring substituents is 1. The minimum Gasteiger partial charge on any atom is -0.318 e. The summed E-state index contributed by atoms with van der Waals surface area (Å²) in [6.07, 6.45) is 1.45. The summed E-state index contributed by atoms with van der Waals surface area (Å²) < 4.78 is 2.01. The molecular formula is C21H18ClN5O4. The van der Waals surface area contributed by atoms with E-state index in [1.165, 1.54) is 30.5 Å². The van der Waals surface area contributed by atoms with Crippen LogP contribution in [0.25, 0.3) is 5.69 Å². The fraction of sp³-hybridized carbons (Fsp3) is 0.0952. The van der Waals surface area contributed by atoms with Gasteiger partial charge in [-0.2, -0.15) is 5.10 Å². The maximum absolute atomic E-state index is 12.0. The van der Waals surface area contributed by atoms with Crippen molar-refractivity contribution in [2.45, 2.75) is 13.8 Å². The smallest absolute Gasteiger partial charge is 0.318 e. The summed E-state index contributed by atoms with van der Waals surface area (Å²) in [5.74, 6) is -1.92. The monoisotopic (exact) mass is 439 g/mol. The van der Waals surface area contributed by atoms with Crippen molar-refractivity contribution in [2.24, 2.45) is 5.10 Å². The first-order valence-electron chi connectivity index (χ1n) is 9.10. The molecule has 0 saturated carbocycles. The number of benzene rings is 2. The summed E-state index contributed by atoms with van der Waals surface area (Å²) in [5, 5.41) is 17.5. The fourth-order valence-electron chi connectivity index (χ4n) is 2.97. The van der Waals surface area contributed by atoms with Gasteiger partial charge in [0, 0.05) is 45.5 Å². The lowest BCUT2D eigenvalue weighted by Crippen LogP contribution is -2.32. The number of carbonyl (C=O) groups excluding carboxylic acids is 2. The van der Waals surface area contributed by atoms with Gasteiger partial charge in [0.1, 0.15) is 0 Å². The molecule has 0 radical (unpaired) electrons. The topological polar surface area (TPSA) is 119 Å². The van der Waals surface area contributed by atoms with Gasteiger partial charge in [0.2, 0.25) is 0 Å². The Morgan fingerprint density at radius 3 is 2.32 bits per heavy atom. The number of nitro groups is 1. The quantitative estimate of drug-likeness (QED) is 0.272. The molecular weight excluding hydrogens is 422 g/mol. The van der Waals surface area contributed by atoms with Crippen LogP contribution in [0, 0.1) is 24.0 Å². The molecule has 0 aliphatic heterocycles. The van der Waals surface area contributed by atoms with Crippen LogP contribution in [0.2, 0.25) is 5.02 Å². The second-order valence-corrected chi connectivity index (χ2v) is 7.03. The first-order valence-corrected chi connectivity index (χ1v) is 9.48. The zero-order valence-corrected chi connectivity index (χ0v) is 17.4. The second-order valence-electron chi connectivity index (χ2n) is 6.60. The number of carbonyl (C=O) groups is 2. The van der Waals surface area contributed by atoms with E-state index in [0.717, 1.165) is 22.6 Å². The van der Waals surface area contributed by atoms with E-state index in [-0.39, 0.29) is 11.4 Å². The molecule has 3 rings (SSSR count). The Hall–Kier alpha value is -3.98. The van der Waals surface area contributed by atoms with Crippen LogP contribution in [0.15, 0.2) is 59.7 Å². The molecule has 0 atom stereocenters. The molecule has 0 spiro atoms. The van der Waals surface area contributed by atoms with Crippen molar-refractivity contribution in [2.75, 3.05) is 5.32 Å². The number of hydrogen-bond acceptors (Lipinski definition) is 5. The van der Waals surface area contributed by atoms with Crippen molar-refractivity contribution in [3.05, 3.63) is 86.7 Å². The molecule has 2 amide bonds. The van der Waals surface area contributed by atoms with Crippen molar-refractivity contribution >= 4 is 41.0 Å². The van der Waals surface area contributed by atoms with Gasteiger partial charge < -0.3 is 9.88 Å². The number of aromatic nitrogens is 1. The highest BCUT2D eigenvalue weighted by Gasteiger charge is 2.14. The molecule has 0 unspecified atom stereocenters. The summed E-state index contributed by atoms with van der Waals surface area (Å²) in [5.41, 5.74) is 5.86. The van der Waals surface area contributed by atoms with Crippen molar-refractivity contribution in [3.8, 4) is 5.69 Å². The van der Waals surface area contributed by atoms with E-state index < -0.39 is 16.7 Å². The second kappa shape index (κ2) is 9.23. The summed E-state index contributed by atoms with van der Waals surface area (Å²) in [6, 6.07) is 14.4. The lowest BCUT2D eigenvalue weighted by molar-refractivity contribution is -0.384. The van der Waals surface area contributed by atoms with E-state index in [4.69, 9.17) is 11.6 Å². The third-order valence-corrected chi connectivity index (χ3v) is 4.72. The Morgan fingerprint density at radius 1 is 1.06 bits per heavy atom. The number of rotatable bonds is 5. The SMILES string of the molecule is Cc1cc(/C=N\NC(=O)C(=O)Nc2ccc([N+](=O)[O-])cc2)c(C)n1-c1ccc(Cl)cc1. The molecule has 2 aromatic carbocycles. The minimum atomic E-state index is -0.971. The van der Waals surface area contributed by atoms with E-state index >= 15 is 0 Å². The van der Waals surface area contributed by atoms with Gasteiger partial charge in [-0.1, -0.05) is 11.6 Å². The van der Waals surface area contributed by atoms with Gasteiger partial charge in [0.15, 0.2) is 0 Å². The van der Waals surface area contributed by atoms with E-state index in [2.05, 4.69) is 15.8 Å². The highest BCUT2D eigenvalue weighted by Crippen LogP contribution is 2.21. The average Bonchev–Trinajstić information content (AvgIpc) is 3.02. The maximum atomic E-state index is 12.0. The third kappa shape index (κ3) is 5.14. The normalized spacial score (nSPS) is 10.8. The maximum Gasteiger partial charge on any atom is 0.329 e. The summed E-state index contributed by atoms with van der Waals surface area (Å²) in [6.45, 7) is 3.85.